The van der Waals surface area contributed by atoms with Crippen LogP contribution in [0.2, 0.25) is 5.02 Å². The Bertz CT molecular complexity index is 533. The second kappa shape index (κ2) is 8.63. The average molecular weight is 328 g/mol. The maximum atomic E-state index is 11.7. The normalized spacial score (nSPS) is 13.3. The van der Waals surface area contributed by atoms with E-state index in [1.54, 1.807) is 26.0 Å². The molecule has 1 aromatic rings. The fourth-order valence-electron chi connectivity index (χ4n) is 1.79. The van der Waals surface area contributed by atoms with E-state index < -0.39 is 17.9 Å². The Morgan fingerprint density at radius 3 is 2.64 bits per heavy atom. The Morgan fingerprint density at radius 1 is 1.36 bits per heavy atom. The van der Waals surface area contributed by atoms with Gasteiger partial charge in [-0.15, -0.1) is 0 Å². The van der Waals surface area contributed by atoms with Crippen LogP contribution in [0, 0.1) is 12.8 Å². The number of carbonyl (C=O) groups is 2. The van der Waals surface area contributed by atoms with Crippen molar-refractivity contribution in [2.45, 2.75) is 39.7 Å². The van der Waals surface area contributed by atoms with Crippen LogP contribution in [-0.4, -0.2) is 29.6 Å². The summed E-state index contributed by atoms with van der Waals surface area (Å²) < 4.78 is 5.55. The predicted octanol–water partition coefficient (Wildman–Crippen LogP) is 3.03. The van der Waals surface area contributed by atoms with Crippen molar-refractivity contribution in [3.63, 3.8) is 0 Å². The molecule has 0 bridgehead atoms. The maximum absolute atomic E-state index is 11.7. The number of carboxylic acid groups (broad SMARTS) is 1. The van der Waals surface area contributed by atoms with Crippen LogP contribution in [0.5, 0.6) is 5.75 Å². The lowest BCUT2D eigenvalue weighted by atomic mass is 10.0. The van der Waals surface area contributed by atoms with E-state index in [1.807, 2.05) is 13.0 Å². The molecule has 6 heteroatoms. The molecule has 5 nitrogen and oxygen atoms in total. The first-order valence-electron chi connectivity index (χ1n) is 7.22. The summed E-state index contributed by atoms with van der Waals surface area (Å²) in [4.78, 5) is 22.5. The molecule has 2 atom stereocenters. The Kier molecular flexibility index (Phi) is 7.18. The molecule has 1 aromatic carbocycles. The number of nitrogens with one attached hydrogen (secondary N) is 1. The monoisotopic (exact) mass is 327 g/mol. The van der Waals surface area contributed by atoms with Crippen LogP contribution in [0.25, 0.3) is 0 Å². The highest BCUT2D eigenvalue weighted by Crippen LogP contribution is 2.21. The molecule has 0 aromatic heterocycles. The number of rotatable bonds is 8. The highest BCUT2D eigenvalue weighted by Gasteiger charge is 2.20. The third kappa shape index (κ3) is 5.93. The number of carbonyl (C=O) groups excluding carboxylic acids is 1. The van der Waals surface area contributed by atoms with E-state index in [2.05, 4.69) is 5.32 Å². The first-order valence-corrected chi connectivity index (χ1v) is 7.60. The van der Waals surface area contributed by atoms with Crippen LogP contribution < -0.4 is 10.1 Å². The Labute approximate surface area is 135 Å². The van der Waals surface area contributed by atoms with E-state index in [-0.39, 0.29) is 5.91 Å². The second-order valence-electron chi connectivity index (χ2n) is 5.35. The third-order valence-corrected chi connectivity index (χ3v) is 3.90. The summed E-state index contributed by atoms with van der Waals surface area (Å²) in [7, 11) is 0. The van der Waals surface area contributed by atoms with Gasteiger partial charge in [0.05, 0.1) is 12.5 Å². The number of carboxylic acids is 1. The summed E-state index contributed by atoms with van der Waals surface area (Å²) in [6.07, 6.45) is 0.852. The van der Waals surface area contributed by atoms with Gasteiger partial charge in [0.2, 0.25) is 5.91 Å². The molecule has 0 heterocycles. The van der Waals surface area contributed by atoms with E-state index in [4.69, 9.17) is 21.4 Å². The van der Waals surface area contributed by atoms with Crippen molar-refractivity contribution in [3.8, 4) is 5.75 Å². The smallest absolute Gasteiger partial charge is 0.308 e. The molecule has 0 aliphatic rings. The summed E-state index contributed by atoms with van der Waals surface area (Å²) in [5.74, 6) is -0.988. The summed E-state index contributed by atoms with van der Waals surface area (Å²) >= 11 is 5.93. The zero-order chi connectivity index (χ0) is 16.7. The zero-order valence-electron chi connectivity index (χ0n) is 13.1. The Morgan fingerprint density at radius 2 is 2.05 bits per heavy atom. The topological polar surface area (TPSA) is 75.6 Å². The highest BCUT2D eigenvalue weighted by molar-refractivity contribution is 6.31. The first-order chi connectivity index (χ1) is 10.3. The lowest BCUT2D eigenvalue weighted by Gasteiger charge is -2.17. The largest absolute Gasteiger partial charge is 0.494 e. The molecule has 0 aliphatic heterocycles. The summed E-state index contributed by atoms with van der Waals surface area (Å²) in [6, 6.07) is 5.00. The Balaban J connectivity index is 2.27. The Hall–Kier alpha value is -1.75. The number of hydrogen-bond donors (Lipinski definition) is 2. The van der Waals surface area contributed by atoms with Crippen LogP contribution >= 0.6 is 11.6 Å². The summed E-state index contributed by atoms with van der Waals surface area (Å²) in [5, 5.41) is 12.2. The van der Waals surface area contributed by atoms with Crippen molar-refractivity contribution in [1.29, 1.82) is 0 Å². The lowest BCUT2D eigenvalue weighted by Crippen LogP contribution is -2.40. The molecule has 1 rings (SSSR count). The third-order valence-electron chi connectivity index (χ3n) is 3.47. The first kappa shape index (κ1) is 18.3. The van der Waals surface area contributed by atoms with E-state index in [9.17, 15) is 9.59 Å². The van der Waals surface area contributed by atoms with Crippen molar-refractivity contribution in [2.75, 3.05) is 6.61 Å². The molecule has 2 N–H and O–H groups in total. The standard InChI is InChI=1S/C16H22ClNO4/c1-10-9-13(6-7-14(10)17)22-8-4-5-15(19)18-12(3)11(2)16(20)21/h6-7,9,11-12H,4-5,8H2,1-3H3,(H,18,19)(H,20,21). The molecule has 122 valence electrons. The average Bonchev–Trinajstić information content (AvgIpc) is 2.46. The molecule has 1 amide bonds. The van der Waals surface area contributed by atoms with Gasteiger partial charge in [-0.3, -0.25) is 9.59 Å². The van der Waals surface area contributed by atoms with Crippen LogP contribution in [0.3, 0.4) is 0 Å². The predicted molar refractivity (Wildman–Crippen MR) is 85.3 cm³/mol. The number of aryl methyl sites for hydroxylation is 1. The quantitative estimate of drug-likeness (QED) is 0.720. The molecule has 22 heavy (non-hydrogen) atoms. The fraction of sp³-hybridized carbons (Fsp3) is 0.500. The molecule has 0 saturated carbocycles. The van der Waals surface area contributed by atoms with Crippen LogP contribution in [-0.2, 0) is 9.59 Å². The lowest BCUT2D eigenvalue weighted by molar-refractivity contribution is -0.142. The van der Waals surface area contributed by atoms with Gasteiger partial charge < -0.3 is 15.2 Å². The molecule has 0 radical (unpaired) electrons. The van der Waals surface area contributed by atoms with Gasteiger partial charge in [0.1, 0.15) is 5.75 Å². The van der Waals surface area contributed by atoms with Gasteiger partial charge in [0.15, 0.2) is 0 Å². The van der Waals surface area contributed by atoms with Crippen LogP contribution in [0.1, 0.15) is 32.3 Å². The number of ether oxygens (including phenoxy) is 1. The minimum Gasteiger partial charge on any atom is -0.494 e. The molecule has 0 saturated heterocycles. The highest BCUT2D eigenvalue weighted by atomic mass is 35.5. The number of halogens is 1. The minimum absolute atomic E-state index is 0.170. The number of amides is 1. The van der Waals surface area contributed by atoms with Crippen molar-refractivity contribution >= 4 is 23.5 Å². The van der Waals surface area contributed by atoms with Crippen molar-refractivity contribution in [2.24, 2.45) is 5.92 Å². The maximum Gasteiger partial charge on any atom is 0.308 e. The molecular formula is C16H22ClNO4. The van der Waals surface area contributed by atoms with Crippen LogP contribution in [0.4, 0.5) is 0 Å². The van der Waals surface area contributed by atoms with E-state index in [1.165, 1.54) is 0 Å². The van der Waals surface area contributed by atoms with E-state index in [0.717, 1.165) is 11.3 Å². The van der Waals surface area contributed by atoms with Gasteiger partial charge in [0, 0.05) is 17.5 Å². The SMILES string of the molecule is Cc1cc(OCCCC(=O)NC(C)C(C)C(=O)O)ccc1Cl. The molecule has 0 aliphatic carbocycles. The summed E-state index contributed by atoms with van der Waals surface area (Å²) in [5.41, 5.74) is 0.938. The number of aliphatic carboxylic acids is 1. The van der Waals surface area contributed by atoms with Gasteiger partial charge in [-0.2, -0.15) is 0 Å². The van der Waals surface area contributed by atoms with E-state index in [0.29, 0.717) is 24.5 Å². The van der Waals surface area contributed by atoms with Crippen molar-refractivity contribution < 1.29 is 19.4 Å². The second-order valence-corrected chi connectivity index (χ2v) is 5.75. The molecule has 2 unspecified atom stereocenters. The zero-order valence-corrected chi connectivity index (χ0v) is 13.8. The number of hydrogen-bond acceptors (Lipinski definition) is 3. The van der Waals surface area contributed by atoms with Gasteiger partial charge in [-0.25, -0.2) is 0 Å². The van der Waals surface area contributed by atoms with Crippen molar-refractivity contribution in [3.05, 3.63) is 28.8 Å². The summed E-state index contributed by atoms with van der Waals surface area (Å²) in [6.45, 7) is 5.56. The van der Waals surface area contributed by atoms with E-state index >= 15 is 0 Å². The van der Waals surface area contributed by atoms with Gasteiger partial charge in [0.25, 0.3) is 0 Å². The van der Waals surface area contributed by atoms with Crippen molar-refractivity contribution in [1.82, 2.24) is 5.32 Å². The molecule has 0 fully saturated rings. The molecular weight excluding hydrogens is 306 g/mol. The molecule has 0 spiro atoms. The fourth-order valence-corrected chi connectivity index (χ4v) is 1.91. The minimum atomic E-state index is -0.922. The van der Waals surface area contributed by atoms with Gasteiger partial charge >= 0.3 is 5.97 Å². The number of benzene rings is 1. The van der Waals surface area contributed by atoms with Gasteiger partial charge in [-0.05, 0) is 51.0 Å². The van der Waals surface area contributed by atoms with Gasteiger partial charge in [-0.1, -0.05) is 11.6 Å². The van der Waals surface area contributed by atoms with Crippen LogP contribution in [0.15, 0.2) is 18.2 Å².